The summed E-state index contributed by atoms with van der Waals surface area (Å²) in [6.45, 7) is 9.29. The fourth-order valence-corrected chi connectivity index (χ4v) is 4.88. The number of allylic oxidation sites excluding steroid dienone is 2. The molecule has 2 fully saturated rings. The molecule has 0 saturated heterocycles. The summed E-state index contributed by atoms with van der Waals surface area (Å²) in [5.41, 5.74) is 2.13. The summed E-state index contributed by atoms with van der Waals surface area (Å²) in [5.74, 6) is 2.25. The molecule has 3 aliphatic carbocycles. The van der Waals surface area contributed by atoms with Crippen molar-refractivity contribution < 1.29 is 4.79 Å². The quantitative estimate of drug-likeness (QED) is 0.568. The number of carbonyl (C=O) groups is 1. The number of carbonyl (C=O) groups excluding carboxylic acids is 1. The van der Waals surface area contributed by atoms with Crippen LogP contribution in [-0.4, -0.2) is 5.78 Å². The van der Waals surface area contributed by atoms with Gasteiger partial charge in [0.25, 0.3) is 0 Å². The van der Waals surface area contributed by atoms with E-state index in [-0.39, 0.29) is 5.92 Å². The van der Waals surface area contributed by atoms with Crippen LogP contribution in [0.15, 0.2) is 11.6 Å². The Bertz CT molecular complexity index is 390. The lowest BCUT2D eigenvalue weighted by Crippen LogP contribution is -2.54. The second-order valence-corrected chi connectivity index (χ2v) is 7.34. The van der Waals surface area contributed by atoms with Crippen molar-refractivity contribution in [2.75, 3.05) is 0 Å². The van der Waals surface area contributed by atoms with Crippen molar-refractivity contribution in [2.45, 2.75) is 47.0 Å². The lowest BCUT2D eigenvalue weighted by molar-refractivity contribution is -0.145. The third-order valence-corrected chi connectivity index (χ3v) is 5.39. The van der Waals surface area contributed by atoms with Crippen molar-refractivity contribution in [1.29, 1.82) is 0 Å². The first-order chi connectivity index (χ1) is 7.33. The Balaban J connectivity index is 2.01. The van der Waals surface area contributed by atoms with Crippen molar-refractivity contribution in [3.63, 3.8) is 0 Å². The zero-order valence-corrected chi connectivity index (χ0v) is 10.8. The van der Waals surface area contributed by atoms with Gasteiger partial charge in [-0.15, -0.1) is 0 Å². The summed E-state index contributed by atoms with van der Waals surface area (Å²) >= 11 is 0. The van der Waals surface area contributed by atoms with E-state index >= 15 is 0 Å². The van der Waals surface area contributed by atoms with Gasteiger partial charge < -0.3 is 0 Å². The Kier molecular flexibility index (Phi) is 1.85. The van der Waals surface area contributed by atoms with E-state index in [2.05, 4.69) is 33.8 Å². The van der Waals surface area contributed by atoms with Crippen molar-refractivity contribution in [2.24, 2.45) is 28.6 Å². The topological polar surface area (TPSA) is 17.1 Å². The predicted molar refractivity (Wildman–Crippen MR) is 65.0 cm³/mol. The molecule has 0 aromatic heterocycles. The highest BCUT2D eigenvalue weighted by molar-refractivity contribution is 5.92. The first-order valence-electron chi connectivity index (χ1n) is 6.54. The fraction of sp³-hybridized carbons (Fsp3) is 0.800. The lowest BCUT2D eigenvalue weighted by atomic mass is 9.48. The normalized spacial score (nSPS) is 49.1. The Morgan fingerprint density at radius 2 is 1.94 bits per heavy atom. The van der Waals surface area contributed by atoms with Gasteiger partial charge in [-0.3, -0.25) is 4.79 Å². The summed E-state index contributed by atoms with van der Waals surface area (Å²) in [6.07, 6.45) is 5.87. The minimum absolute atomic E-state index is 0.266. The summed E-state index contributed by atoms with van der Waals surface area (Å²) in [4.78, 5) is 11.8. The van der Waals surface area contributed by atoms with Crippen LogP contribution in [0.5, 0.6) is 0 Å². The first-order valence-corrected chi connectivity index (χ1v) is 6.54. The molecule has 0 radical (unpaired) electrons. The SMILES string of the molecule is CC1=C[C@H]2CC(C)(C)C[C@H]2[C@]2(C)CC(=O)[C@H]12. The third-order valence-electron chi connectivity index (χ3n) is 5.39. The van der Waals surface area contributed by atoms with Gasteiger partial charge in [0.15, 0.2) is 0 Å². The van der Waals surface area contributed by atoms with Gasteiger partial charge in [-0.05, 0) is 42.4 Å². The van der Waals surface area contributed by atoms with Crippen LogP contribution in [0.2, 0.25) is 0 Å². The molecule has 2 saturated carbocycles. The summed E-state index contributed by atoms with van der Waals surface area (Å²) in [6, 6.07) is 0. The molecule has 4 atom stereocenters. The van der Waals surface area contributed by atoms with E-state index in [1.165, 1.54) is 18.4 Å². The molecule has 0 N–H and O–H groups in total. The molecule has 3 aliphatic rings. The molecule has 0 aromatic rings. The highest BCUT2D eigenvalue weighted by Gasteiger charge is 2.61. The second-order valence-electron chi connectivity index (χ2n) is 7.34. The Labute approximate surface area is 98.3 Å². The number of rotatable bonds is 0. The van der Waals surface area contributed by atoms with Crippen LogP contribution in [0, 0.1) is 28.6 Å². The van der Waals surface area contributed by atoms with Crippen molar-refractivity contribution in [3.05, 3.63) is 11.6 Å². The van der Waals surface area contributed by atoms with Crippen LogP contribution in [0.3, 0.4) is 0 Å². The first kappa shape index (κ1) is 10.6. The molecule has 88 valence electrons. The molecule has 0 amide bonds. The number of fused-ring (bicyclic) bond motifs is 3. The average molecular weight is 218 g/mol. The zero-order valence-electron chi connectivity index (χ0n) is 10.8. The minimum Gasteiger partial charge on any atom is -0.299 e. The Morgan fingerprint density at radius 1 is 1.25 bits per heavy atom. The largest absolute Gasteiger partial charge is 0.299 e. The maximum absolute atomic E-state index is 11.8. The van der Waals surface area contributed by atoms with Gasteiger partial charge in [0.1, 0.15) is 5.78 Å². The third kappa shape index (κ3) is 1.15. The maximum atomic E-state index is 11.8. The molecule has 16 heavy (non-hydrogen) atoms. The van der Waals surface area contributed by atoms with Crippen molar-refractivity contribution in [3.8, 4) is 0 Å². The minimum atomic E-state index is 0.266. The van der Waals surface area contributed by atoms with Crippen LogP contribution in [0.4, 0.5) is 0 Å². The van der Waals surface area contributed by atoms with Gasteiger partial charge in [0.2, 0.25) is 0 Å². The molecule has 0 heterocycles. The Morgan fingerprint density at radius 3 is 2.56 bits per heavy atom. The highest BCUT2D eigenvalue weighted by Crippen LogP contribution is 2.64. The fourth-order valence-electron chi connectivity index (χ4n) is 4.88. The van der Waals surface area contributed by atoms with Crippen LogP contribution in [0.25, 0.3) is 0 Å². The van der Waals surface area contributed by atoms with Crippen LogP contribution in [-0.2, 0) is 4.79 Å². The molecule has 0 bridgehead atoms. The van der Waals surface area contributed by atoms with Crippen molar-refractivity contribution in [1.82, 2.24) is 0 Å². The van der Waals surface area contributed by atoms with Gasteiger partial charge >= 0.3 is 0 Å². The molecule has 0 unspecified atom stereocenters. The van der Waals surface area contributed by atoms with E-state index in [0.717, 1.165) is 18.3 Å². The summed E-state index contributed by atoms with van der Waals surface area (Å²) in [7, 11) is 0. The van der Waals surface area contributed by atoms with Crippen LogP contribution in [0.1, 0.15) is 47.0 Å². The van der Waals surface area contributed by atoms with E-state index in [9.17, 15) is 4.79 Å². The van der Waals surface area contributed by atoms with E-state index in [0.29, 0.717) is 16.6 Å². The van der Waals surface area contributed by atoms with Gasteiger partial charge in [0, 0.05) is 12.3 Å². The molecular weight excluding hydrogens is 196 g/mol. The van der Waals surface area contributed by atoms with Crippen LogP contribution < -0.4 is 0 Å². The molecule has 0 aromatic carbocycles. The van der Waals surface area contributed by atoms with E-state index in [1.807, 2.05) is 0 Å². The molecular formula is C15H22O. The standard InChI is InChI=1S/C15H22O/c1-9-5-10-6-14(2,3)7-11(10)15(4)8-12(16)13(9)15/h5,10-11,13H,6-8H2,1-4H3/t10-,11+,13-,15-/m0/s1. The molecule has 1 heteroatoms. The summed E-state index contributed by atoms with van der Waals surface area (Å²) in [5, 5.41) is 0. The van der Waals surface area contributed by atoms with Crippen LogP contribution >= 0.6 is 0 Å². The zero-order chi connectivity index (χ0) is 11.7. The number of ketones is 1. The highest BCUT2D eigenvalue weighted by atomic mass is 16.1. The molecule has 0 aliphatic heterocycles. The summed E-state index contributed by atoms with van der Waals surface area (Å²) < 4.78 is 0. The smallest absolute Gasteiger partial charge is 0.141 e. The lowest BCUT2D eigenvalue weighted by Gasteiger charge is -2.54. The van der Waals surface area contributed by atoms with Gasteiger partial charge in [-0.1, -0.05) is 32.4 Å². The molecule has 3 rings (SSSR count). The van der Waals surface area contributed by atoms with E-state index in [4.69, 9.17) is 0 Å². The maximum Gasteiger partial charge on any atom is 0.141 e. The van der Waals surface area contributed by atoms with Crippen molar-refractivity contribution >= 4 is 5.78 Å². The van der Waals surface area contributed by atoms with Gasteiger partial charge in [-0.25, -0.2) is 0 Å². The van der Waals surface area contributed by atoms with E-state index < -0.39 is 0 Å². The predicted octanol–water partition coefficient (Wildman–Crippen LogP) is 3.59. The van der Waals surface area contributed by atoms with E-state index in [1.54, 1.807) is 0 Å². The molecule has 1 nitrogen and oxygen atoms in total. The van der Waals surface area contributed by atoms with Gasteiger partial charge in [0.05, 0.1) is 0 Å². The van der Waals surface area contributed by atoms with Gasteiger partial charge in [-0.2, -0.15) is 0 Å². The Hall–Kier alpha value is -0.590. The number of hydrogen-bond donors (Lipinski definition) is 0. The number of hydrogen-bond acceptors (Lipinski definition) is 1. The average Bonchev–Trinajstić information content (AvgIpc) is 2.38. The second kappa shape index (κ2) is 2.80. The number of Topliss-reactive ketones (excluding diaryl/α,β-unsaturated/α-hetero) is 1. The monoisotopic (exact) mass is 218 g/mol. The molecule has 0 spiro atoms.